The molecule has 1 aromatic rings. The summed E-state index contributed by atoms with van der Waals surface area (Å²) in [5.74, 6) is -1.65. The maximum atomic E-state index is 11.3. The molecule has 0 aliphatic rings. The maximum absolute atomic E-state index is 11.3. The molecule has 0 heterocycles. The van der Waals surface area contributed by atoms with Gasteiger partial charge in [-0.3, -0.25) is 4.79 Å². The van der Waals surface area contributed by atoms with E-state index in [9.17, 15) is 14.5 Å². The summed E-state index contributed by atoms with van der Waals surface area (Å²) in [6, 6.07) is 5.09. The van der Waals surface area contributed by atoms with Crippen LogP contribution in [0.15, 0.2) is 24.3 Å². The molecule has 1 aromatic carbocycles. The second kappa shape index (κ2) is 4.87. The van der Waals surface area contributed by atoms with E-state index in [2.05, 4.69) is 4.84 Å². The van der Waals surface area contributed by atoms with Gasteiger partial charge in [0.2, 0.25) is 12.4 Å². The number of ketones is 1. The molecule has 0 unspecified atom stereocenters. The van der Waals surface area contributed by atoms with Crippen molar-refractivity contribution >= 4 is 11.8 Å². The van der Waals surface area contributed by atoms with Crippen LogP contribution in [0, 0.1) is 4.91 Å². The zero-order chi connectivity index (χ0) is 12.1. The van der Waals surface area contributed by atoms with Crippen molar-refractivity contribution in [2.24, 2.45) is 0 Å². The highest BCUT2D eigenvalue weighted by Gasteiger charge is 2.13. The van der Waals surface area contributed by atoms with E-state index in [0.29, 0.717) is 0 Å². The lowest BCUT2D eigenvalue weighted by Crippen LogP contribution is -2.14. The van der Waals surface area contributed by atoms with Crippen molar-refractivity contribution in [3.63, 3.8) is 0 Å². The van der Waals surface area contributed by atoms with Crippen LogP contribution >= 0.6 is 0 Å². The molecule has 7 nitrogen and oxygen atoms in total. The van der Waals surface area contributed by atoms with Crippen molar-refractivity contribution in [3.05, 3.63) is 40.3 Å². The molecular formula is C9H8NO6+. The molecule has 0 amide bonds. The Kier molecular flexibility index (Phi) is 3.54. The van der Waals surface area contributed by atoms with E-state index in [1.165, 1.54) is 24.3 Å². The third-order valence-electron chi connectivity index (χ3n) is 1.76. The van der Waals surface area contributed by atoms with Crippen LogP contribution in [0.2, 0.25) is 0 Å². The van der Waals surface area contributed by atoms with Crippen molar-refractivity contribution in [3.8, 4) is 0 Å². The monoisotopic (exact) mass is 226 g/mol. The topological polar surface area (TPSA) is 104 Å². The largest absolute Gasteiger partial charge is 0.478 e. The zero-order valence-electron chi connectivity index (χ0n) is 7.99. The summed E-state index contributed by atoms with van der Waals surface area (Å²) in [7, 11) is 0. The fourth-order valence-corrected chi connectivity index (χ4v) is 0.996. The minimum absolute atomic E-state index is 0.0464. The fourth-order valence-electron chi connectivity index (χ4n) is 0.996. The van der Waals surface area contributed by atoms with Crippen molar-refractivity contribution in [2.45, 2.75) is 0 Å². The van der Waals surface area contributed by atoms with Crippen molar-refractivity contribution in [1.29, 1.82) is 0 Å². The molecule has 84 valence electrons. The summed E-state index contributed by atoms with van der Waals surface area (Å²) in [5.41, 5.74) is 0.233. The first kappa shape index (κ1) is 11.6. The highest BCUT2D eigenvalue weighted by Crippen LogP contribution is 2.05. The van der Waals surface area contributed by atoms with Gasteiger partial charge in [0.25, 0.3) is 0 Å². The highest BCUT2D eigenvalue weighted by atomic mass is 16.9. The Morgan fingerprint density at radius 3 is 2.12 bits per heavy atom. The van der Waals surface area contributed by atoms with Crippen LogP contribution in [0.5, 0.6) is 0 Å². The Labute approximate surface area is 89.4 Å². The van der Waals surface area contributed by atoms with Gasteiger partial charge in [0.1, 0.15) is 4.91 Å². The normalized spacial score (nSPS) is 9.50. The van der Waals surface area contributed by atoms with Crippen LogP contribution in [0.4, 0.5) is 0 Å². The molecule has 7 heteroatoms. The lowest BCUT2D eigenvalue weighted by atomic mass is 10.1. The predicted molar refractivity (Wildman–Crippen MR) is 49.1 cm³/mol. The van der Waals surface area contributed by atoms with E-state index >= 15 is 0 Å². The number of rotatable bonds is 5. The molecule has 0 spiro atoms. The molecule has 16 heavy (non-hydrogen) atoms. The van der Waals surface area contributed by atoms with E-state index in [-0.39, 0.29) is 11.1 Å². The number of carbonyl (C=O) groups excluding carboxylic acids is 1. The van der Waals surface area contributed by atoms with E-state index in [4.69, 9.17) is 10.3 Å². The molecule has 0 fully saturated rings. The number of benzene rings is 1. The molecule has 0 aromatic heterocycles. The van der Waals surface area contributed by atoms with Gasteiger partial charge in [-0.25, -0.2) is 10.0 Å². The van der Waals surface area contributed by atoms with Gasteiger partial charge >= 0.3 is 11.1 Å². The molecular weight excluding hydrogens is 218 g/mol. The lowest BCUT2D eigenvalue weighted by Gasteiger charge is -1.97. The van der Waals surface area contributed by atoms with Crippen LogP contribution < -0.4 is 0 Å². The van der Waals surface area contributed by atoms with E-state index in [1.807, 2.05) is 0 Å². The van der Waals surface area contributed by atoms with Crippen molar-refractivity contribution in [2.75, 3.05) is 6.61 Å². The average molecular weight is 226 g/mol. The average Bonchev–Trinajstić information content (AvgIpc) is 2.26. The molecule has 0 aliphatic carbocycles. The Hall–Kier alpha value is -2.44. The number of Topliss-reactive ketones (excluding diaryl/α,β-unsaturated/α-hetero) is 1. The van der Waals surface area contributed by atoms with Gasteiger partial charge in [-0.1, -0.05) is 12.1 Å². The number of hydrogen-bond acceptors (Lipinski definition) is 4. The smallest absolute Gasteiger partial charge is 0.475 e. The molecule has 1 rings (SSSR count). The quantitative estimate of drug-likeness (QED) is 0.564. The number of carbonyl (C=O) groups is 2. The minimum atomic E-state index is -1.10. The van der Waals surface area contributed by atoms with Crippen LogP contribution in [0.25, 0.3) is 0 Å². The number of nitrogens with zero attached hydrogens (tertiary/aromatic N) is 1. The lowest BCUT2D eigenvalue weighted by molar-refractivity contribution is -0.973. The maximum Gasteiger partial charge on any atom is 0.475 e. The molecule has 0 atom stereocenters. The first-order valence-corrected chi connectivity index (χ1v) is 4.16. The summed E-state index contributed by atoms with van der Waals surface area (Å²) >= 11 is 0. The van der Waals surface area contributed by atoms with Crippen LogP contribution in [-0.4, -0.2) is 33.8 Å². The molecule has 0 aliphatic heterocycles. The van der Waals surface area contributed by atoms with Gasteiger partial charge in [0.05, 0.1) is 5.56 Å². The van der Waals surface area contributed by atoms with Gasteiger partial charge in [-0.2, -0.15) is 4.84 Å². The number of carboxylic acids is 1. The summed E-state index contributed by atoms with van der Waals surface area (Å²) in [5, 5.41) is 15.9. The molecule has 2 N–H and O–H groups in total. The minimum Gasteiger partial charge on any atom is -0.478 e. The summed E-state index contributed by atoms with van der Waals surface area (Å²) in [6.45, 7) is -0.619. The Balaban J connectivity index is 2.70. The van der Waals surface area contributed by atoms with Crippen LogP contribution in [0.3, 0.4) is 0 Å². The van der Waals surface area contributed by atoms with Crippen molar-refractivity contribution < 1.29 is 29.8 Å². The van der Waals surface area contributed by atoms with Gasteiger partial charge in [-0.05, 0) is 12.1 Å². The fraction of sp³-hybridized carbons (Fsp3) is 0.111. The second-order valence-corrected chi connectivity index (χ2v) is 2.82. The SMILES string of the molecule is O=C(O)c1ccc(C(=O)CO[N+](=O)O)cc1. The first-order chi connectivity index (χ1) is 7.50. The Morgan fingerprint density at radius 1 is 1.19 bits per heavy atom. The van der Waals surface area contributed by atoms with Crippen molar-refractivity contribution in [1.82, 2.24) is 0 Å². The van der Waals surface area contributed by atoms with Gasteiger partial charge in [0.15, 0.2) is 0 Å². The standard InChI is InChI=1S/C9H7NO6/c11-8(5-16-10(14)15)6-1-3-7(4-2-6)9(12)13/h1-4H,5H2,(H-,12,13,14,15)/p+1. The number of aromatic carboxylic acids is 1. The number of hydrogen-bond donors (Lipinski definition) is 2. The Morgan fingerprint density at radius 2 is 1.69 bits per heavy atom. The molecule has 0 radical (unpaired) electrons. The zero-order valence-corrected chi connectivity index (χ0v) is 7.99. The van der Waals surface area contributed by atoms with Gasteiger partial charge in [0, 0.05) is 5.56 Å². The summed E-state index contributed by atoms with van der Waals surface area (Å²) in [6.07, 6.45) is 0. The van der Waals surface area contributed by atoms with Crippen LogP contribution in [-0.2, 0) is 4.84 Å². The first-order valence-electron chi connectivity index (χ1n) is 4.16. The van der Waals surface area contributed by atoms with Crippen LogP contribution in [0.1, 0.15) is 20.7 Å². The molecule has 0 saturated heterocycles. The molecule has 0 saturated carbocycles. The number of carboxylic acid groups (broad SMARTS) is 1. The van der Waals surface area contributed by atoms with E-state index in [1.54, 1.807) is 0 Å². The third-order valence-corrected chi connectivity index (χ3v) is 1.76. The van der Waals surface area contributed by atoms with Gasteiger partial charge in [-0.15, -0.1) is 0 Å². The van der Waals surface area contributed by atoms with E-state index in [0.717, 1.165) is 0 Å². The summed E-state index contributed by atoms with van der Waals surface area (Å²) < 4.78 is 0. The second-order valence-electron chi connectivity index (χ2n) is 2.82. The van der Waals surface area contributed by atoms with E-state index < -0.39 is 23.4 Å². The highest BCUT2D eigenvalue weighted by molar-refractivity contribution is 5.98. The summed E-state index contributed by atoms with van der Waals surface area (Å²) in [4.78, 5) is 35.7. The Bertz CT molecular complexity index is 424. The third kappa shape index (κ3) is 3.05. The predicted octanol–water partition coefficient (Wildman–Crippen LogP) is 0.667. The molecule has 0 bridgehead atoms. The van der Waals surface area contributed by atoms with Gasteiger partial charge < -0.3 is 5.11 Å².